The number of rotatable bonds is 3. The minimum Gasteiger partial charge on any atom is -0.495 e. The van der Waals surface area contributed by atoms with Crippen molar-refractivity contribution in [2.75, 3.05) is 12.8 Å². The molecule has 1 fully saturated rings. The van der Waals surface area contributed by atoms with Crippen LogP contribution in [0.1, 0.15) is 38.6 Å². The van der Waals surface area contributed by atoms with E-state index in [0.29, 0.717) is 23.4 Å². The van der Waals surface area contributed by atoms with Crippen molar-refractivity contribution in [2.24, 2.45) is 5.92 Å². The Morgan fingerprint density at radius 3 is 2.86 bits per heavy atom. The van der Waals surface area contributed by atoms with Gasteiger partial charge in [-0.3, -0.25) is 0 Å². The lowest BCUT2D eigenvalue weighted by molar-refractivity contribution is 0.239. The van der Waals surface area contributed by atoms with E-state index in [9.17, 15) is 0 Å². The van der Waals surface area contributed by atoms with Crippen molar-refractivity contribution in [3.05, 3.63) is 18.2 Å². The second-order valence-electron chi connectivity index (χ2n) is 5.73. The molecular weight excluding hydrogens is 266 g/mol. The number of nitrogens with zero attached hydrogens (tertiary/aromatic N) is 4. The zero-order valence-corrected chi connectivity index (χ0v) is 12.5. The molecule has 2 aromatic rings. The molecule has 2 atom stereocenters. The number of nitrogens with two attached hydrogens (primary N) is 1. The average Bonchev–Trinajstić information content (AvgIpc) is 2.97. The zero-order valence-electron chi connectivity index (χ0n) is 12.5. The molecule has 0 saturated heterocycles. The summed E-state index contributed by atoms with van der Waals surface area (Å²) in [4.78, 5) is 0. The first-order chi connectivity index (χ1) is 10.2. The van der Waals surface area contributed by atoms with Crippen LogP contribution in [0.3, 0.4) is 0 Å². The lowest BCUT2D eigenvalue weighted by Crippen LogP contribution is -2.23. The number of hydrogen-bond donors (Lipinski definition) is 1. The van der Waals surface area contributed by atoms with Crippen LogP contribution in [0.2, 0.25) is 0 Å². The summed E-state index contributed by atoms with van der Waals surface area (Å²) in [6, 6.07) is 6.03. The van der Waals surface area contributed by atoms with Gasteiger partial charge in [-0.15, -0.1) is 5.10 Å². The Kier molecular flexibility index (Phi) is 3.77. The molecule has 2 N–H and O–H groups in total. The first kappa shape index (κ1) is 13.9. The predicted octanol–water partition coefficient (Wildman–Crippen LogP) is 2.68. The fourth-order valence-electron chi connectivity index (χ4n) is 3.12. The monoisotopic (exact) mass is 287 g/mol. The molecule has 3 rings (SSSR count). The molecule has 0 spiro atoms. The summed E-state index contributed by atoms with van der Waals surface area (Å²) in [5, 5.41) is 12.3. The van der Waals surface area contributed by atoms with Crippen LogP contribution in [0.25, 0.3) is 11.4 Å². The molecule has 1 aliphatic rings. The minimum atomic E-state index is 0.368. The summed E-state index contributed by atoms with van der Waals surface area (Å²) < 4.78 is 7.25. The van der Waals surface area contributed by atoms with E-state index in [1.807, 2.05) is 22.9 Å². The smallest absolute Gasteiger partial charge is 0.182 e. The zero-order chi connectivity index (χ0) is 14.8. The molecule has 0 bridgehead atoms. The number of anilines is 1. The van der Waals surface area contributed by atoms with Crippen molar-refractivity contribution in [1.82, 2.24) is 20.2 Å². The van der Waals surface area contributed by atoms with Gasteiger partial charge in [0.15, 0.2) is 5.82 Å². The van der Waals surface area contributed by atoms with Gasteiger partial charge in [0.2, 0.25) is 0 Å². The minimum absolute atomic E-state index is 0.368. The lowest BCUT2D eigenvalue weighted by atomic mass is 9.86. The fourth-order valence-corrected chi connectivity index (χ4v) is 3.12. The first-order valence-electron chi connectivity index (χ1n) is 7.42. The van der Waals surface area contributed by atoms with Crippen molar-refractivity contribution < 1.29 is 4.74 Å². The van der Waals surface area contributed by atoms with E-state index >= 15 is 0 Å². The Morgan fingerprint density at radius 1 is 1.29 bits per heavy atom. The number of nitrogen functional groups attached to an aromatic ring is 1. The molecule has 6 nitrogen and oxygen atoms in total. The van der Waals surface area contributed by atoms with Gasteiger partial charge >= 0.3 is 0 Å². The molecule has 0 amide bonds. The highest BCUT2D eigenvalue weighted by Gasteiger charge is 2.26. The van der Waals surface area contributed by atoms with Crippen LogP contribution < -0.4 is 10.5 Å². The maximum absolute atomic E-state index is 5.87. The summed E-state index contributed by atoms with van der Waals surface area (Å²) in [5.74, 6) is 2.03. The lowest BCUT2D eigenvalue weighted by Gasteiger charge is -2.29. The van der Waals surface area contributed by atoms with E-state index in [1.165, 1.54) is 19.3 Å². The Balaban J connectivity index is 1.98. The van der Waals surface area contributed by atoms with E-state index in [2.05, 4.69) is 22.4 Å². The highest BCUT2D eigenvalue weighted by molar-refractivity contribution is 5.65. The van der Waals surface area contributed by atoms with E-state index in [-0.39, 0.29) is 0 Å². The highest BCUT2D eigenvalue weighted by atomic mass is 16.5. The van der Waals surface area contributed by atoms with Crippen LogP contribution in [-0.4, -0.2) is 27.3 Å². The topological polar surface area (TPSA) is 78.9 Å². The van der Waals surface area contributed by atoms with Gasteiger partial charge in [0.25, 0.3) is 0 Å². The van der Waals surface area contributed by atoms with E-state index in [1.54, 1.807) is 7.11 Å². The number of aromatic nitrogens is 4. The maximum Gasteiger partial charge on any atom is 0.182 e. The second kappa shape index (κ2) is 5.71. The Hall–Kier alpha value is -2.11. The third-order valence-corrected chi connectivity index (χ3v) is 4.36. The first-order valence-corrected chi connectivity index (χ1v) is 7.42. The van der Waals surface area contributed by atoms with Crippen LogP contribution in [0, 0.1) is 5.92 Å². The molecule has 1 aromatic carbocycles. The molecule has 1 saturated carbocycles. The molecule has 6 heteroatoms. The van der Waals surface area contributed by atoms with Gasteiger partial charge in [-0.1, -0.05) is 19.8 Å². The molecule has 1 aliphatic carbocycles. The van der Waals surface area contributed by atoms with Crippen LogP contribution in [-0.2, 0) is 0 Å². The SMILES string of the molecule is COc1cc(-c2nnnn2C2CCCCC2C)ccc1N. The summed E-state index contributed by atoms with van der Waals surface area (Å²) in [7, 11) is 1.61. The summed E-state index contributed by atoms with van der Waals surface area (Å²) in [6.45, 7) is 2.28. The molecule has 1 heterocycles. The summed E-state index contributed by atoms with van der Waals surface area (Å²) >= 11 is 0. The Labute approximate surface area is 124 Å². The van der Waals surface area contributed by atoms with E-state index in [0.717, 1.165) is 17.8 Å². The number of ether oxygens (including phenoxy) is 1. The predicted molar refractivity (Wildman–Crippen MR) is 80.9 cm³/mol. The van der Waals surface area contributed by atoms with Gasteiger partial charge in [0.1, 0.15) is 5.75 Å². The molecule has 21 heavy (non-hydrogen) atoms. The van der Waals surface area contributed by atoms with Crippen molar-refractivity contribution in [1.29, 1.82) is 0 Å². The van der Waals surface area contributed by atoms with Crippen molar-refractivity contribution in [3.8, 4) is 17.1 Å². The van der Waals surface area contributed by atoms with E-state index in [4.69, 9.17) is 10.5 Å². The fraction of sp³-hybridized carbons (Fsp3) is 0.533. The largest absolute Gasteiger partial charge is 0.495 e. The van der Waals surface area contributed by atoms with Gasteiger partial charge < -0.3 is 10.5 Å². The Morgan fingerprint density at radius 2 is 2.10 bits per heavy atom. The molecule has 112 valence electrons. The second-order valence-corrected chi connectivity index (χ2v) is 5.73. The molecule has 0 aliphatic heterocycles. The average molecular weight is 287 g/mol. The van der Waals surface area contributed by atoms with Crippen LogP contribution in [0.4, 0.5) is 5.69 Å². The number of methoxy groups -OCH3 is 1. The van der Waals surface area contributed by atoms with Crippen LogP contribution in [0.5, 0.6) is 5.75 Å². The highest BCUT2D eigenvalue weighted by Crippen LogP contribution is 2.36. The third-order valence-electron chi connectivity index (χ3n) is 4.36. The van der Waals surface area contributed by atoms with E-state index < -0.39 is 0 Å². The maximum atomic E-state index is 5.87. The number of hydrogen-bond acceptors (Lipinski definition) is 5. The molecule has 0 radical (unpaired) electrons. The van der Waals surface area contributed by atoms with Crippen molar-refractivity contribution in [3.63, 3.8) is 0 Å². The normalized spacial score (nSPS) is 22.2. The molecular formula is C15H21N5O. The molecule has 2 unspecified atom stereocenters. The number of benzene rings is 1. The van der Waals surface area contributed by atoms with Crippen molar-refractivity contribution >= 4 is 5.69 Å². The van der Waals surface area contributed by atoms with Gasteiger partial charge in [-0.25, -0.2) is 4.68 Å². The van der Waals surface area contributed by atoms with Crippen molar-refractivity contribution in [2.45, 2.75) is 38.6 Å². The summed E-state index contributed by atoms with van der Waals surface area (Å²) in [6.07, 6.45) is 4.89. The quantitative estimate of drug-likeness (QED) is 0.878. The number of tetrazole rings is 1. The van der Waals surface area contributed by atoms with Gasteiger partial charge in [-0.2, -0.15) is 0 Å². The third kappa shape index (κ3) is 2.57. The van der Waals surface area contributed by atoms with Crippen LogP contribution >= 0.6 is 0 Å². The van der Waals surface area contributed by atoms with Gasteiger partial charge in [0, 0.05) is 5.56 Å². The van der Waals surface area contributed by atoms with Gasteiger partial charge in [-0.05, 0) is 47.4 Å². The van der Waals surface area contributed by atoms with Crippen LogP contribution in [0.15, 0.2) is 18.2 Å². The standard InChI is InChI=1S/C15H21N5O/c1-10-5-3-4-6-13(10)20-15(17-18-19-20)11-7-8-12(16)14(9-11)21-2/h7-10,13H,3-6,16H2,1-2H3. The van der Waals surface area contributed by atoms with Gasteiger partial charge in [0.05, 0.1) is 18.8 Å². The molecule has 1 aromatic heterocycles. The summed E-state index contributed by atoms with van der Waals surface area (Å²) in [5.41, 5.74) is 7.42. The Bertz CT molecular complexity index is 624.